The van der Waals surface area contributed by atoms with E-state index in [9.17, 15) is 0 Å². The van der Waals surface area contributed by atoms with Crippen molar-refractivity contribution in [2.24, 2.45) is 9.98 Å². The van der Waals surface area contributed by atoms with Crippen molar-refractivity contribution in [1.29, 1.82) is 0 Å². The topological polar surface area (TPSA) is 24.7 Å². The van der Waals surface area contributed by atoms with Gasteiger partial charge in [0, 0.05) is 42.2 Å². The third kappa shape index (κ3) is 38.1. The van der Waals surface area contributed by atoms with Gasteiger partial charge >= 0.3 is 0 Å². The van der Waals surface area contributed by atoms with Crippen LogP contribution in [-0.2, 0) is 29.3 Å². The molecular formula is C67H110N2Ni. The number of rotatable bonds is 46. The minimum Gasteiger partial charge on any atom is -0.251 e. The summed E-state index contributed by atoms with van der Waals surface area (Å²) >= 11 is 0. The van der Waals surface area contributed by atoms with Crippen molar-refractivity contribution in [3.05, 3.63) is 59.7 Å². The van der Waals surface area contributed by atoms with E-state index < -0.39 is 0 Å². The maximum Gasteiger partial charge on any atom is 0.0665 e. The first kappa shape index (κ1) is 65.4. The molecule has 2 nitrogen and oxygen atoms in total. The number of unbranched alkanes of at least 4 members (excludes halogenated alkanes) is 35. The largest absolute Gasteiger partial charge is 0.251 e. The molecule has 0 N–H and O–H groups in total. The number of aliphatic imine (C=N–C) groups is 2. The average molecular weight is 1000 g/mol. The van der Waals surface area contributed by atoms with Crippen LogP contribution >= 0.6 is 0 Å². The molecule has 0 saturated carbocycles. The smallest absolute Gasteiger partial charge is 0.0665 e. The van der Waals surface area contributed by atoms with Gasteiger partial charge in [0.2, 0.25) is 0 Å². The minimum absolute atomic E-state index is 0. The van der Waals surface area contributed by atoms with Gasteiger partial charge in [0.1, 0.15) is 0 Å². The third-order valence-corrected chi connectivity index (χ3v) is 14.2. The summed E-state index contributed by atoms with van der Waals surface area (Å²) in [6.45, 7) is 9.19. The molecule has 0 amide bonds. The molecule has 0 aliphatic carbocycles. The molecule has 0 aromatic heterocycles. The predicted octanol–water partition coefficient (Wildman–Crippen LogP) is 22.5. The van der Waals surface area contributed by atoms with Crippen LogP contribution in [0, 0.1) is 23.7 Å². The Bertz CT molecular complexity index is 1650. The Kier molecular flexibility index (Phi) is 47.9. The van der Waals surface area contributed by atoms with Gasteiger partial charge in [-0.1, -0.05) is 263 Å². The van der Waals surface area contributed by atoms with E-state index in [2.05, 4.69) is 99.9 Å². The molecular weight excluding hydrogens is 891 g/mol. The van der Waals surface area contributed by atoms with E-state index in [0.29, 0.717) is 0 Å². The van der Waals surface area contributed by atoms with Crippen LogP contribution in [0.5, 0.6) is 0 Å². The second kappa shape index (κ2) is 51.3. The normalized spacial score (nSPS) is 11.5. The summed E-state index contributed by atoms with van der Waals surface area (Å²) in [5.74, 6) is 14.0. The molecule has 0 unspecified atom stereocenters. The number of aryl methyl sites for hydroxylation is 2. The summed E-state index contributed by atoms with van der Waals surface area (Å²) in [5, 5.41) is 0. The molecule has 0 aliphatic heterocycles. The summed E-state index contributed by atoms with van der Waals surface area (Å²) in [7, 11) is 0. The molecule has 0 bridgehead atoms. The van der Waals surface area contributed by atoms with Gasteiger partial charge in [0.15, 0.2) is 0 Å². The Balaban J connectivity index is 0.0000245. The van der Waals surface area contributed by atoms with Crippen LogP contribution in [-0.4, -0.2) is 11.4 Å². The average Bonchev–Trinajstić information content (AvgIpc) is 3.37. The van der Waals surface area contributed by atoms with Crippen molar-refractivity contribution in [3.8, 4) is 23.7 Å². The summed E-state index contributed by atoms with van der Waals surface area (Å²) in [4.78, 5) is 11.0. The van der Waals surface area contributed by atoms with Crippen LogP contribution in [0.15, 0.2) is 58.5 Å². The molecule has 0 radical (unpaired) electrons. The zero-order chi connectivity index (χ0) is 49.2. The Morgan fingerprint density at radius 2 is 0.557 bits per heavy atom. The standard InChI is InChI=1S/C67H110N2.Ni/c1-5-9-13-15-17-19-21-23-25-27-29-31-33-35-37-39-41-43-45-48-54-62-56-50-52-59-64(62)68-66(58-12-8-4)67(61-47-11-7-3)69-65-60-53-51-57-63(65)55-49-46-44-42-40-38-36-34-32-30-28-26-24-22-20-18-16-14-10-6-2;/h50-53,56-57,59-60H,5-40,45-49,54-55,58,61H2,1-4H3;. The molecule has 70 heavy (non-hydrogen) atoms. The van der Waals surface area contributed by atoms with Crippen LogP contribution in [0.3, 0.4) is 0 Å². The Labute approximate surface area is 446 Å². The number of para-hydroxylation sites is 2. The Morgan fingerprint density at radius 3 is 0.886 bits per heavy atom. The van der Waals surface area contributed by atoms with E-state index in [4.69, 9.17) is 9.98 Å². The van der Waals surface area contributed by atoms with Crippen molar-refractivity contribution >= 4 is 22.8 Å². The molecule has 0 saturated heterocycles. The van der Waals surface area contributed by atoms with Gasteiger partial charge in [-0.3, -0.25) is 9.98 Å². The predicted molar refractivity (Wildman–Crippen MR) is 311 cm³/mol. The van der Waals surface area contributed by atoms with Crippen molar-refractivity contribution in [3.63, 3.8) is 0 Å². The maximum absolute atomic E-state index is 5.50. The van der Waals surface area contributed by atoms with Crippen molar-refractivity contribution in [1.82, 2.24) is 0 Å². The Hall–Kier alpha value is -2.61. The number of hydrogen-bond donors (Lipinski definition) is 0. The van der Waals surface area contributed by atoms with Crippen LogP contribution < -0.4 is 0 Å². The summed E-state index contributed by atoms with van der Waals surface area (Å²) < 4.78 is 0. The first-order valence-corrected chi connectivity index (χ1v) is 30.5. The molecule has 2 aromatic carbocycles. The number of nitrogens with zero attached hydrogens (tertiary/aromatic N) is 2. The van der Waals surface area contributed by atoms with Crippen LogP contribution in [0.4, 0.5) is 11.4 Å². The molecule has 2 aromatic rings. The van der Waals surface area contributed by atoms with Crippen molar-refractivity contribution < 1.29 is 16.5 Å². The molecule has 0 heterocycles. The van der Waals surface area contributed by atoms with Crippen molar-refractivity contribution in [2.75, 3.05) is 0 Å². The molecule has 0 fully saturated rings. The molecule has 398 valence electrons. The maximum atomic E-state index is 5.50. The van der Waals surface area contributed by atoms with Gasteiger partial charge in [-0.05, 0) is 87.5 Å². The summed E-state index contributed by atoms with van der Waals surface area (Å²) in [6, 6.07) is 17.7. The Morgan fingerprint density at radius 1 is 0.300 bits per heavy atom. The van der Waals surface area contributed by atoms with E-state index in [1.54, 1.807) is 0 Å². The fourth-order valence-corrected chi connectivity index (χ4v) is 9.63. The zero-order valence-electron chi connectivity index (χ0n) is 46.6. The molecule has 0 aliphatic rings. The molecule has 0 spiro atoms. The van der Waals surface area contributed by atoms with Crippen LogP contribution in [0.1, 0.15) is 315 Å². The van der Waals surface area contributed by atoms with E-state index >= 15 is 0 Å². The van der Waals surface area contributed by atoms with Crippen LogP contribution in [0.25, 0.3) is 0 Å². The van der Waals surface area contributed by atoms with Gasteiger partial charge < -0.3 is 0 Å². The number of benzene rings is 2. The van der Waals surface area contributed by atoms with E-state index in [-0.39, 0.29) is 16.5 Å². The monoisotopic (exact) mass is 1000 g/mol. The molecule has 2 rings (SSSR count). The third-order valence-electron chi connectivity index (χ3n) is 14.2. The minimum atomic E-state index is 0. The van der Waals surface area contributed by atoms with Gasteiger partial charge in [-0.2, -0.15) is 0 Å². The zero-order valence-corrected chi connectivity index (χ0v) is 47.6. The summed E-state index contributed by atoms with van der Waals surface area (Å²) in [6.07, 6.45) is 58.3. The van der Waals surface area contributed by atoms with Crippen molar-refractivity contribution in [2.45, 2.75) is 317 Å². The van der Waals surface area contributed by atoms with E-state index in [0.717, 1.165) is 94.8 Å². The van der Waals surface area contributed by atoms with E-state index in [1.807, 2.05) is 0 Å². The number of hydrogen-bond acceptors (Lipinski definition) is 2. The fraction of sp³-hybridized carbons (Fsp3) is 0.731. The first-order valence-electron chi connectivity index (χ1n) is 30.5. The van der Waals surface area contributed by atoms with Gasteiger partial charge in [0.25, 0.3) is 0 Å². The molecule has 3 heteroatoms. The van der Waals surface area contributed by atoms with Gasteiger partial charge in [-0.25, -0.2) is 0 Å². The second-order valence-corrected chi connectivity index (χ2v) is 20.7. The fourth-order valence-electron chi connectivity index (χ4n) is 9.63. The van der Waals surface area contributed by atoms with E-state index in [1.165, 1.54) is 228 Å². The van der Waals surface area contributed by atoms with Gasteiger partial charge in [-0.15, -0.1) is 23.7 Å². The SMILES string of the molecule is CCCCCCCCCCCCCCCCCC#CCCCc1ccccc1N=C(CCCC)C(CCCCC)=Nc1ccccc1CCCC#CCCCCCCCCCCCCCCCCC.[Ni]. The second-order valence-electron chi connectivity index (χ2n) is 20.7. The van der Waals surface area contributed by atoms with Gasteiger partial charge in [0.05, 0.1) is 22.8 Å². The quantitative estimate of drug-likeness (QED) is 0.0273. The summed E-state index contributed by atoms with van der Waals surface area (Å²) in [5.41, 5.74) is 7.29. The molecule has 0 atom stereocenters. The van der Waals surface area contributed by atoms with Crippen LogP contribution in [0.2, 0.25) is 0 Å². The first-order chi connectivity index (χ1) is 34.2.